The summed E-state index contributed by atoms with van der Waals surface area (Å²) >= 11 is 0. The fraction of sp³-hybridized carbons (Fsp3) is 0.286. The van der Waals surface area contributed by atoms with Gasteiger partial charge in [0, 0.05) is 0 Å². The molecule has 0 aliphatic rings. The van der Waals surface area contributed by atoms with Crippen LogP contribution < -0.4 is 9.47 Å². The van der Waals surface area contributed by atoms with E-state index in [1.54, 1.807) is 30.3 Å². The lowest BCUT2D eigenvalue weighted by atomic mass is 10.2. The quantitative estimate of drug-likeness (QED) is 0.801. The summed E-state index contributed by atoms with van der Waals surface area (Å²) in [4.78, 5) is 6.43. The van der Waals surface area contributed by atoms with Crippen LogP contribution in [-0.4, -0.2) is 32.6 Å². The maximum Gasteiger partial charge on any atom is 0.319 e. The minimum atomic E-state index is -4.14. The van der Waals surface area contributed by atoms with Gasteiger partial charge in [-0.3, -0.25) is 0 Å². The molecule has 9 heteroatoms. The van der Waals surface area contributed by atoms with E-state index in [0.29, 0.717) is 5.56 Å². The molecule has 0 radical (unpaired) electrons. The first kappa shape index (κ1) is 17.1. The third kappa shape index (κ3) is 3.73. The molecule has 0 atom stereocenters. The molecule has 1 heterocycles. The molecule has 0 aliphatic carbocycles. The molecule has 23 heavy (non-hydrogen) atoms. The van der Waals surface area contributed by atoms with Crippen molar-refractivity contribution in [1.82, 2.24) is 9.97 Å². The van der Waals surface area contributed by atoms with Gasteiger partial charge in [0.15, 0.2) is 14.7 Å². The number of rotatable bonds is 6. The summed E-state index contributed by atoms with van der Waals surface area (Å²) < 4.78 is 61.2. The average Bonchev–Trinajstić information content (AvgIpc) is 2.53. The molecule has 0 unspecified atom stereocenters. The van der Waals surface area contributed by atoms with Crippen LogP contribution in [0.1, 0.15) is 17.7 Å². The van der Waals surface area contributed by atoms with Gasteiger partial charge in [-0.1, -0.05) is 30.3 Å². The molecule has 0 fully saturated rings. The van der Waals surface area contributed by atoms with Gasteiger partial charge in [0.2, 0.25) is 5.88 Å². The number of aromatic nitrogens is 2. The van der Waals surface area contributed by atoms with E-state index in [1.807, 2.05) is 0 Å². The number of sulfone groups is 1. The fourth-order valence-corrected chi connectivity index (χ4v) is 3.59. The maximum absolute atomic E-state index is 13.3. The van der Waals surface area contributed by atoms with Gasteiger partial charge >= 0.3 is 6.01 Å². The summed E-state index contributed by atoms with van der Waals surface area (Å²) in [7, 11) is -1.82. The van der Waals surface area contributed by atoms with Gasteiger partial charge in [-0.05, 0) is 5.56 Å². The van der Waals surface area contributed by atoms with Crippen molar-refractivity contribution >= 4 is 9.84 Å². The Balaban J connectivity index is 2.60. The summed E-state index contributed by atoms with van der Waals surface area (Å²) in [5, 5.41) is 0. The third-order valence-corrected chi connectivity index (χ3v) is 4.65. The first-order chi connectivity index (χ1) is 10.9. The Hall–Kier alpha value is -2.29. The monoisotopic (exact) mass is 344 g/mol. The van der Waals surface area contributed by atoms with Crippen LogP contribution >= 0.6 is 0 Å². The molecule has 0 N–H and O–H groups in total. The van der Waals surface area contributed by atoms with Gasteiger partial charge < -0.3 is 9.47 Å². The lowest BCUT2D eigenvalue weighted by molar-refractivity contribution is 0.139. The number of nitrogens with zero attached hydrogens (tertiary/aromatic N) is 2. The van der Waals surface area contributed by atoms with Crippen molar-refractivity contribution < 1.29 is 26.7 Å². The van der Waals surface area contributed by atoms with Crippen LogP contribution in [0.4, 0.5) is 8.78 Å². The standard InChI is InChI=1S/C14H14F2N2O4S/c1-21-13-11(10(12(15)16)17-14(18-13)22-2)23(19,20)8-9-6-4-3-5-7-9/h3-7,12H,8H2,1-2H3. The predicted octanol–water partition coefficient (Wildman–Crippen LogP) is 2.41. The molecule has 2 aromatic rings. The molecule has 0 amide bonds. The van der Waals surface area contributed by atoms with Gasteiger partial charge in [0.25, 0.3) is 6.43 Å². The highest BCUT2D eigenvalue weighted by molar-refractivity contribution is 7.90. The highest BCUT2D eigenvalue weighted by atomic mass is 32.2. The zero-order valence-corrected chi connectivity index (χ0v) is 13.2. The Labute approximate surface area is 132 Å². The molecule has 0 saturated carbocycles. The summed E-state index contributed by atoms with van der Waals surface area (Å²) in [6.07, 6.45) is -3.12. The number of hydrogen-bond donors (Lipinski definition) is 0. The van der Waals surface area contributed by atoms with E-state index in [0.717, 1.165) is 7.11 Å². The lowest BCUT2D eigenvalue weighted by Gasteiger charge is -2.13. The molecule has 0 aliphatic heterocycles. The second-order valence-corrected chi connectivity index (χ2v) is 6.41. The largest absolute Gasteiger partial charge is 0.480 e. The van der Waals surface area contributed by atoms with Crippen LogP contribution in [0.5, 0.6) is 11.9 Å². The second-order valence-electron chi connectivity index (χ2n) is 4.48. The van der Waals surface area contributed by atoms with Crippen LogP contribution in [0.25, 0.3) is 0 Å². The van der Waals surface area contributed by atoms with Crippen LogP contribution in [-0.2, 0) is 15.6 Å². The summed E-state index contributed by atoms with van der Waals surface area (Å²) in [6.45, 7) is 0. The molecule has 2 rings (SSSR count). The van der Waals surface area contributed by atoms with Crippen molar-refractivity contribution in [2.45, 2.75) is 17.1 Å². The molecule has 1 aromatic carbocycles. The van der Waals surface area contributed by atoms with E-state index in [-0.39, 0.29) is 0 Å². The second kappa shape index (κ2) is 6.86. The van der Waals surface area contributed by atoms with Crippen LogP contribution in [0.2, 0.25) is 0 Å². The number of hydrogen-bond acceptors (Lipinski definition) is 6. The molecule has 1 aromatic heterocycles. The highest BCUT2D eigenvalue weighted by Gasteiger charge is 2.32. The van der Waals surface area contributed by atoms with Gasteiger partial charge in [0.1, 0.15) is 5.69 Å². The van der Waals surface area contributed by atoms with Crippen molar-refractivity contribution in [3.05, 3.63) is 41.6 Å². The molecule has 0 bridgehead atoms. The first-order valence-electron chi connectivity index (χ1n) is 6.43. The van der Waals surface area contributed by atoms with E-state index in [9.17, 15) is 17.2 Å². The molecule has 124 valence electrons. The smallest absolute Gasteiger partial charge is 0.319 e. The van der Waals surface area contributed by atoms with Crippen LogP contribution in [0.3, 0.4) is 0 Å². The Bertz CT molecular complexity index is 783. The normalized spacial score (nSPS) is 11.5. The SMILES string of the molecule is COc1nc(OC)c(S(=O)(=O)Cc2ccccc2)c(C(F)F)n1. The van der Waals surface area contributed by atoms with Crippen molar-refractivity contribution in [3.63, 3.8) is 0 Å². The fourth-order valence-electron chi connectivity index (χ4n) is 1.96. The Kier molecular flexibility index (Phi) is 5.09. The molecule has 0 saturated heterocycles. The molecular weight excluding hydrogens is 330 g/mol. The lowest BCUT2D eigenvalue weighted by Crippen LogP contribution is -2.14. The highest BCUT2D eigenvalue weighted by Crippen LogP contribution is 2.34. The maximum atomic E-state index is 13.3. The van der Waals surface area contributed by atoms with Crippen molar-refractivity contribution in [2.75, 3.05) is 14.2 Å². The zero-order valence-electron chi connectivity index (χ0n) is 12.4. The van der Waals surface area contributed by atoms with Crippen molar-refractivity contribution in [3.8, 4) is 11.9 Å². The van der Waals surface area contributed by atoms with Crippen molar-refractivity contribution in [1.29, 1.82) is 0 Å². The van der Waals surface area contributed by atoms with Gasteiger partial charge in [-0.15, -0.1) is 0 Å². The van der Waals surface area contributed by atoms with E-state index < -0.39 is 44.5 Å². The van der Waals surface area contributed by atoms with Crippen LogP contribution in [0, 0.1) is 0 Å². The van der Waals surface area contributed by atoms with E-state index in [1.165, 1.54) is 7.11 Å². The van der Waals surface area contributed by atoms with Gasteiger partial charge in [-0.25, -0.2) is 17.2 Å². The van der Waals surface area contributed by atoms with E-state index in [4.69, 9.17) is 9.47 Å². The minimum absolute atomic E-state index is 0.393. The predicted molar refractivity (Wildman–Crippen MR) is 77.4 cm³/mol. The summed E-state index contributed by atoms with van der Waals surface area (Å²) in [5.74, 6) is -0.942. The third-order valence-electron chi connectivity index (χ3n) is 2.93. The van der Waals surface area contributed by atoms with E-state index in [2.05, 4.69) is 9.97 Å². The van der Waals surface area contributed by atoms with Crippen LogP contribution in [0.15, 0.2) is 35.2 Å². The number of methoxy groups -OCH3 is 2. The zero-order chi connectivity index (χ0) is 17.0. The number of benzene rings is 1. The number of alkyl halides is 2. The van der Waals surface area contributed by atoms with Gasteiger partial charge in [0.05, 0.1) is 20.0 Å². The number of halogens is 2. The number of ether oxygens (including phenoxy) is 2. The molecular formula is C14H14F2N2O4S. The Morgan fingerprint density at radius 1 is 1.09 bits per heavy atom. The first-order valence-corrected chi connectivity index (χ1v) is 8.09. The topological polar surface area (TPSA) is 78.4 Å². The van der Waals surface area contributed by atoms with Gasteiger partial charge in [-0.2, -0.15) is 9.97 Å². The molecule has 6 nitrogen and oxygen atoms in total. The van der Waals surface area contributed by atoms with Crippen molar-refractivity contribution in [2.24, 2.45) is 0 Å². The average molecular weight is 344 g/mol. The van der Waals surface area contributed by atoms with E-state index >= 15 is 0 Å². The Morgan fingerprint density at radius 3 is 2.26 bits per heavy atom. The Morgan fingerprint density at radius 2 is 1.74 bits per heavy atom. The minimum Gasteiger partial charge on any atom is -0.480 e. The summed E-state index contributed by atoms with van der Waals surface area (Å²) in [6, 6.07) is 7.79. The molecule has 0 spiro atoms. The summed E-state index contributed by atoms with van der Waals surface area (Å²) in [5.41, 5.74) is -0.491.